The number of hydrogen-bond acceptors (Lipinski definition) is 3. The van der Waals surface area contributed by atoms with Crippen molar-refractivity contribution in [2.75, 3.05) is 13.2 Å². The topological polar surface area (TPSA) is 75.6 Å². The van der Waals surface area contributed by atoms with E-state index in [2.05, 4.69) is 18.3 Å². The Bertz CT molecular complexity index is 592. The zero-order valence-electron chi connectivity index (χ0n) is 12.2. The third-order valence-corrected chi connectivity index (χ3v) is 3.84. The Kier molecular flexibility index (Phi) is 4.62. The standard InChI is InChI=1S/C16H19NO4/c1-10-11(2)14(13-6-4-3-5-12(10)13)9-21-16(20)17-8-7-15(18)19/h3-6,14H,7-9H2,1-2H3,(H,17,20)(H,18,19). The first-order valence-electron chi connectivity index (χ1n) is 6.89. The van der Waals surface area contributed by atoms with Crippen LogP contribution in [0.2, 0.25) is 0 Å². The van der Waals surface area contributed by atoms with Gasteiger partial charge in [0.25, 0.3) is 0 Å². The maximum atomic E-state index is 11.5. The lowest BCUT2D eigenvalue weighted by atomic mass is 9.98. The first-order chi connectivity index (χ1) is 10.0. The smallest absolute Gasteiger partial charge is 0.407 e. The molecule has 0 fully saturated rings. The van der Waals surface area contributed by atoms with Crippen LogP contribution >= 0.6 is 0 Å². The summed E-state index contributed by atoms with van der Waals surface area (Å²) in [6.07, 6.45) is -0.689. The molecule has 0 aromatic heterocycles. The molecule has 1 atom stereocenters. The number of benzene rings is 1. The molecule has 0 bridgehead atoms. The molecule has 0 saturated carbocycles. The molecule has 1 aliphatic rings. The van der Waals surface area contributed by atoms with Gasteiger partial charge in [-0.25, -0.2) is 4.79 Å². The highest BCUT2D eigenvalue weighted by Gasteiger charge is 2.27. The van der Waals surface area contributed by atoms with E-state index >= 15 is 0 Å². The van der Waals surface area contributed by atoms with Crippen molar-refractivity contribution in [3.8, 4) is 0 Å². The van der Waals surface area contributed by atoms with Crippen molar-refractivity contribution in [1.82, 2.24) is 5.32 Å². The highest BCUT2D eigenvalue weighted by Crippen LogP contribution is 2.41. The van der Waals surface area contributed by atoms with Crippen molar-refractivity contribution in [1.29, 1.82) is 0 Å². The Hall–Kier alpha value is -2.30. The van der Waals surface area contributed by atoms with Gasteiger partial charge in [0.15, 0.2) is 0 Å². The van der Waals surface area contributed by atoms with E-state index in [4.69, 9.17) is 9.84 Å². The highest BCUT2D eigenvalue weighted by atomic mass is 16.5. The van der Waals surface area contributed by atoms with Crippen LogP contribution < -0.4 is 5.32 Å². The van der Waals surface area contributed by atoms with Gasteiger partial charge in [-0.2, -0.15) is 0 Å². The Morgan fingerprint density at radius 2 is 2.00 bits per heavy atom. The van der Waals surface area contributed by atoms with Gasteiger partial charge in [0.1, 0.15) is 6.61 Å². The number of ether oxygens (including phenoxy) is 1. The predicted molar refractivity (Wildman–Crippen MR) is 79.1 cm³/mol. The molecule has 21 heavy (non-hydrogen) atoms. The van der Waals surface area contributed by atoms with Crippen molar-refractivity contribution in [3.63, 3.8) is 0 Å². The first-order valence-corrected chi connectivity index (χ1v) is 6.89. The summed E-state index contributed by atoms with van der Waals surface area (Å²) in [4.78, 5) is 21.9. The monoisotopic (exact) mass is 289 g/mol. The fourth-order valence-corrected chi connectivity index (χ4v) is 2.55. The number of fused-ring (bicyclic) bond motifs is 1. The number of carboxylic acids is 1. The molecule has 0 heterocycles. The summed E-state index contributed by atoms with van der Waals surface area (Å²) in [5, 5.41) is 10.9. The summed E-state index contributed by atoms with van der Waals surface area (Å²) >= 11 is 0. The van der Waals surface area contributed by atoms with Gasteiger partial charge < -0.3 is 15.2 Å². The van der Waals surface area contributed by atoms with E-state index < -0.39 is 12.1 Å². The molecule has 0 radical (unpaired) electrons. The van der Waals surface area contributed by atoms with Gasteiger partial charge in [-0.3, -0.25) is 4.79 Å². The minimum atomic E-state index is -0.950. The van der Waals surface area contributed by atoms with Crippen molar-refractivity contribution in [2.45, 2.75) is 26.2 Å². The Morgan fingerprint density at radius 1 is 1.29 bits per heavy atom. The molecule has 1 amide bonds. The SMILES string of the molecule is CC1=C(C)C(COC(=O)NCCC(=O)O)c2ccccc21. The molecule has 2 N–H and O–H groups in total. The molecule has 0 spiro atoms. The lowest BCUT2D eigenvalue weighted by Gasteiger charge is -2.15. The number of hydrogen-bond donors (Lipinski definition) is 2. The normalized spacial score (nSPS) is 16.6. The second-order valence-corrected chi connectivity index (χ2v) is 5.12. The van der Waals surface area contributed by atoms with E-state index in [1.54, 1.807) is 0 Å². The van der Waals surface area contributed by atoms with Gasteiger partial charge in [-0.1, -0.05) is 29.8 Å². The van der Waals surface area contributed by atoms with Gasteiger partial charge in [-0.15, -0.1) is 0 Å². The number of allylic oxidation sites excluding steroid dienone is 1. The number of rotatable bonds is 5. The van der Waals surface area contributed by atoms with Crippen molar-refractivity contribution < 1.29 is 19.4 Å². The van der Waals surface area contributed by atoms with Crippen LogP contribution in [0.15, 0.2) is 29.8 Å². The molecule has 0 saturated heterocycles. The molecule has 112 valence electrons. The highest BCUT2D eigenvalue weighted by molar-refractivity contribution is 5.77. The third kappa shape index (κ3) is 3.42. The molecule has 0 aliphatic heterocycles. The van der Waals surface area contributed by atoms with Gasteiger partial charge in [0.05, 0.1) is 6.42 Å². The summed E-state index contributed by atoms with van der Waals surface area (Å²) in [5.41, 5.74) is 4.81. The Balaban J connectivity index is 1.92. The summed E-state index contributed by atoms with van der Waals surface area (Å²) in [7, 11) is 0. The van der Waals surface area contributed by atoms with Crippen LogP contribution in [-0.4, -0.2) is 30.3 Å². The number of carbonyl (C=O) groups is 2. The molecule has 5 nitrogen and oxygen atoms in total. The largest absolute Gasteiger partial charge is 0.481 e. The molecular formula is C16H19NO4. The van der Waals surface area contributed by atoms with E-state index in [-0.39, 0.29) is 25.5 Å². The molecule has 5 heteroatoms. The summed E-state index contributed by atoms with van der Waals surface area (Å²) < 4.78 is 5.21. The van der Waals surface area contributed by atoms with Crippen LogP contribution in [0.4, 0.5) is 4.79 Å². The van der Waals surface area contributed by atoms with Crippen LogP contribution in [0, 0.1) is 0 Å². The van der Waals surface area contributed by atoms with Crippen LogP contribution in [0.1, 0.15) is 37.3 Å². The van der Waals surface area contributed by atoms with E-state index in [1.165, 1.54) is 22.3 Å². The Morgan fingerprint density at radius 3 is 2.71 bits per heavy atom. The van der Waals surface area contributed by atoms with Crippen molar-refractivity contribution in [2.24, 2.45) is 0 Å². The average Bonchev–Trinajstić information content (AvgIpc) is 2.69. The van der Waals surface area contributed by atoms with Crippen LogP contribution in [-0.2, 0) is 9.53 Å². The second kappa shape index (κ2) is 6.43. The first kappa shape index (κ1) is 15.1. The molecule has 1 aliphatic carbocycles. The third-order valence-electron chi connectivity index (χ3n) is 3.84. The fourth-order valence-electron chi connectivity index (χ4n) is 2.55. The van der Waals surface area contributed by atoms with E-state index in [0.717, 1.165) is 0 Å². The van der Waals surface area contributed by atoms with E-state index in [0.29, 0.717) is 0 Å². The maximum Gasteiger partial charge on any atom is 0.407 e. The fraction of sp³-hybridized carbons (Fsp3) is 0.375. The molecule has 2 rings (SSSR count). The quantitative estimate of drug-likeness (QED) is 0.874. The maximum absolute atomic E-state index is 11.5. The summed E-state index contributed by atoms with van der Waals surface area (Å²) in [5.74, 6) is -0.874. The zero-order valence-corrected chi connectivity index (χ0v) is 12.2. The number of carbonyl (C=O) groups excluding carboxylic acids is 1. The zero-order chi connectivity index (χ0) is 15.4. The lowest BCUT2D eigenvalue weighted by Crippen LogP contribution is -2.28. The van der Waals surface area contributed by atoms with Crippen molar-refractivity contribution >= 4 is 17.6 Å². The number of nitrogens with one attached hydrogen (secondary N) is 1. The Labute approximate surface area is 123 Å². The van der Waals surface area contributed by atoms with Crippen molar-refractivity contribution in [3.05, 3.63) is 41.0 Å². The molecular weight excluding hydrogens is 270 g/mol. The minimum Gasteiger partial charge on any atom is -0.481 e. The average molecular weight is 289 g/mol. The second-order valence-electron chi connectivity index (χ2n) is 5.12. The number of alkyl carbamates (subject to hydrolysis) is 1. The van der Waals surface area contributed by atoms with Gasteiger partial charge in [0.2, 0.25) is 0 Å². The minimum absolute atomic E-state index is 0.0727. The van der Waals surface area contributed by atoms with Gasteiger partial charge in [-0.05, 0) is 30.5 Å². The molecule has 1 unspecified atom stereocenters. The summed E-state index contributed by atoms with van der Waals surface area (Å²) in [6.45, 7) is 4.45. The number of amides is 1. The van der Waals surface area contributed by atoms with E-state index in [1.807, 2.05) is 25.1 Å². The molecule has 1 aromatic rings. The number of aliphatic carboxylic acids is 1. The van der Waals surface area contributed by atoms with E-state index in [9.17, 15) is 9.59 Å². The predicted octanol–water partition coefficient (Wildman–Crippen LogP) is 2.78. The lowest BCUT2D eigenvalue weighted by molar-refractivity contribution is -0.136. The van der Waals surface area contributed by atoms with Gasteiger partial charge in [0, 0.05) is 12.5 Å². The van der Waals surface area contributed by atoms with Crippen LogP contribution in [0.25, 0.3) is 5.57 Å². The van der Waals surface area contributed by atoms with Crippen LogP contribution in [0.3, 0.4) is 0 Å². The summed E-state index contributed by atoms with van der Waals surface area (Å²) in [6, 6.07) is 8.09. The van der Waals surface area contributed by atoms with Crippen LogP contribution in [0.5, 0.6) is 0 Å². The van der Waals surface area contributed by atoms with Gasteiger partial charge >= 0.3 is 12.1 Å². The number of carboxylic acid groups (broad SMARTS) is 1. The molecule has 1 aromatic carbocycles.